The van der Waals surface area contributed by atoms with E-state index in [0.29, 0.717) is 18.6 Å². The highest BCUT2D eigenvalue weighted by atomic mass is 16.6. The molecule has 1 fully saturated rings. The van der Waals surface area contributed by atoms with Gasteiger partial charge in [0.05, 0.1) is 12.1 Å². The Balaban J connectivity index is 2.49. The van der Waals surface area contributed by atoms with Gasteiger partial charge in [-0.15, -0.1) is 0 Å². The number of rotatable bonds is 9. The van der Waals surface area contributed by atoms with Gasteiger partial charge in [0, 0.05) is 25.1 Å². The van der Waals surface area contributed by atoms with Crippen molar-refractivity contribution in [1.82, 2.24) is 10.6 Å². The number of ether oxygens (including phenoxy) is 2. The molecule has 0 saturated heterocycles. The summed E-state index contributed by atoms with van der Waals surface area (Å²) in [5.74, 6) is 0.364. The molecule has 1 rings (SSSR count). The van der Waals surface area contributed by atoms with Crippen LogP contribution in [-0.4, -0.2) is 43.0 Å². The van der Waals surface area contributed by atoms with E-state index in [-0.39, 0.29) is 11.6 Å². The number of carbonyl (C=O) groups is 1. The molecule has 0 aliphatic heterocycles. The molecule has 5 nitrogen and oxygen atoms in total. The van der Waals surface area contributed by atoms with E-state index in [2.05, 4.69) is 31.4 Å². The van der Waals surface area contributed by atoms with E-state index in [9.17, 15) is 4.79 Å². The fourth-order valence-corrected chi connectivity index (χ4v) is 2.38. The van der Waals surface area contributed by atoms with Crippen molar-refractivity contribution < 1.29 is 14.3 Å². The zero-order chi connectivity index (χ0) is 16.8. The minimum absolute atomic E-state index is 0.223. The first kappa shape index (κ1) is 19.2. The Kier molecular flexibility index (Phi) is 7.13. The Bertz CT molecular complexity index is 352. The lowest BCUT2D eigenvalue weighted by Gasteiger charge is -2.25. The average molecular weight is 314 g/mol. The van der Waals surface area contributed by atoms with Gasteiger partial charge in [0.25, 0.3) is 0 Å². The normalized spacial score (nSPS) is 24.4. The Labute approximate surface area is 135 Å². The first-order valence-corrected chi connectivity index (χ1v) is 8.51. The summed E-state index contributed by atoms with van der Waals surface area (Å²) in [6.45, 7) is 14.3. The van der Waals surface area contributed by atoms with Crippen LogP contribution in [0.3, 0.4) is 0 Å². The van der Waals surface area contributed by atoms with Gasteiger partial charge in [-0.05, 0) is 33.6 Å². The van der Waals surface area contributed by atoms with Gasteiger partial charge < -0.3 is 20.1 Å². The summed E-state index contributed by atoms with van der Waals surface area (Å²) >= 11 is 0. The number of unbranched alkanes of at least 4 members (excludes halogenated alkanes) is 1. The molecule has 1 aliphatic rings. The van der Waals surface area contributed by atoms with Crippen molar-refractivity contribution in [3.8, 4) is 0 Å². The SMILES string of the molecule is CCCCOC[C@H]1C[C@@]1(CNC(C)C)NC(=O)OC(C)(C)C. The number of hydrogen-bond donors (Lipinski definition) is 2. The fraction of sp³-hybridized carbons (Fsp3) is 0.941. The molecule has 1 amide bonds. The second-order valence-electron chi connectivity index (χ2n) is 7.65. The highest BCUT2D eigenvalue weighted by molar-refractivity contribution is 5.69. The molecule has 1 aliphatic carbocycles. The van der Waals surface area contributed by atoms with Gasteiger partial charge in [-0.3, -0.25) is 0 Å². The molecule has 22 heavy (non-hydrogen) atoms. The lowest BCUT2D eigenvalue weighted by molar-refractivity contribution is 0.0477. The minimum Gasteiger partial charge on any atom is -0.444 e. The summed E-state index contributed by atoms with van der Waals surface area (Å²) < 4.78 is 11.1. The van der Waals surface area contributed by atoms with Gasteiger partial charge in [0.1, 0.15) is 5.60 Å². The molecule has 0 aromatic heterocycles. The second kappa shape index (κ2) is 8.16. The lowest BCUT2D eigenvalue weighted by atomic mass is 10.2. The largest absolute Gasteiger partial charge is 0.444 e. The van der Waals surface area contributed by atoms with Crippen molar-refractivity contribution in [2.45, 2.75) is 78.0 Å². The molecule has 0 spiro atoms. The van der Waals surface area contributed by atoms with Crippen molar-refractivity contribution in [1.29, 1.82) is 0 Å². The number of carbonyl (C=O) groups excluding carboxylic acids is 1. The van der Waals surface area contributed by atoms with E-state index in [0.717, 1.165) is 32.4 Å². The maximum Gasteiger partial charge on any atom is 0.408 e. The van der Waals surface area contributed by atoms with E-state index in [1.165, 1.54) is 0 Å². The third-order valence-corrected chi connectivity index (χ3v) is 3.77. The number of alkyl carbamates (subject to hydrolysis) is 1. The summed E-state index contributed by atoms with van der Waals surface area (Å²) in [5.41, 5.74) is -0.697. The molecule has 1 saturated carbocycles. The highest BCUT2D eigenvalue weighted by Crippen LogP contribution is 2.43. The smallest absolute Gasteiger partial charge is 0.408 e. The molecular weight excluding hydrogens is 280 g/mol. The molecule has 0 heterocycles. The van der Waals surface area contributed by atoms with E-state index in [1.54, 1.807) is 0 Å². The molecule has 0 aromatic carbocycles. The van der Waals surface area contributed by atoms with E-state index < -0.39 is 5.60 Å². The molecule has 5 heteroatoms. The van der Waals surface area contributed by atoms with Crippen LogP contribution in [0.2, 0.25) is 0 Å². The molecule has 0 radical (unpaired) electrons. The summed E-state index contributed by atoms with van der Waals surface area (Å²) in [6.07, 6.45) is 2.83. The Morgan fingerprint density at radius 1 is 1.36 bits per heavy atom. The molecule has 130 valence electrons. The first-order valence-electron chi connectivity index (χ1n) is 8.51. The maximum absolute atomic E-state index is 12.1. The van der Waals surface area contributed by atoms with Gasteiger partial charge in [-0.2, -0.15) is 0 Å². The Morgan fingerprint density at radius 2 is 2.05 bits per heavy atom. The predicted molar refractivity (Wildman–Crippen MR) is 89.1 cm³/mol. The van der Waals surface area contributed by atoms with Crippen LogP contribution in [0.25, 0.3) is 0 Å². The predicted octanol–water partition coefficient (Wildman–Crippen LogP) is 3.08. The van der Waals surface area contributed by atoms with Gasteiger partial charge in [0.2, 0.25) is 0 Å². The molecule has 0 unspecified atom stereocenters. The topological polar surface area (TPSA) is 59.6 Å². The number of nitrogens with one attached hydrogen (secondary N) is 2. The molecule has 0 aromatic rings. The van der Waals surface area contributed by atoms with Crippen molar-refractivity contribution in [2.75, 3.05) is 19.8 Å². The van der Waals surface area contributed by atoms with Crippen LogP contribution in [-0.2, 0) is 9.47 Å². The van der Waals surface area contributed by atoms with Crippen molar-refractivity contribution in [3.63, 3.8) is 0 Å². The van der Waals surface area contributed by atoms with Crippen molar-refractivity contribution in [3.05, 3.63) is 0 Å². The summed E-state index contributed by atoms with van der Waals surface area (Å²) in [6, 6.07) is 0.388. The average Bonchev–Trinajstić information content (AvgIpc) is 3.03. The Hall–Kier alpha value is -0.810. The number of hydrogen-bond acceptors (Lipinski definition) is 4. The van der Waals surface area contributed by atoms with E-state index in [1.807, 2.05) is 20.8 Å². The second-order valence-corrected chi connectivity index (χ2v) is 7.65. The summed E-state index contributed by atoms with van der Waals surface area (Å²) in [7, 11) is 0. The van der Waals surface area contributed by atoms with Crippen LogP contribution in [0.4, 0.5) is 4.79 Å². The van der Waals surface area contributed by atoms with E-state index >= 15 is 0 Å². The van der Waals surface area contributed by atoms with Crippen LogP contribution in [0.15, 0.2) is 0 Å². The third-order valence-electron chi connectivity index (χ3n) is 3.77. The van der Waals surface area contributed by atoms with Crippen molar-refractivity contribution in [2.24, 2.45) is 5.92 Å². The lowest BCUT2D eigenvalue weighted by Crippen LogP contribution is -2.49. The van der Waals surface area contributed by atoms with Crippen LogP contribution in [0.1, 0.15) is 60.8 Å². The van der Waals surface area contributed by atoms with Gasteiger partial charge in [0.15, 0.2) is 0 Å². The quantitative estimate of drug-likeness (QED) is 0.642. The van der Waals surface area contributed by atoms with Crippen LogP contribution in [0.5, 0.6) is 0 Å². The maximum atomic E-state index is 12.1. The molecule has 2 atom stereocenters. The third kappa shape index (κ3) is 6.97. The van der Waals surface area contributed by atoms with E-state index in [4.69, 9.17) is 9.47 Å². The van der Waals surface area contributed by atoms with Crippen LogP contribution >= 0.6 is 0 Å². The van der Waals surface area contributed by atoms with Gasteiger partial charge in [-0.25, -0.2) is 4.79 Å². The highest BCUT2D eigenvalue weighted by Gasteiger charge is 2.55. The monoisotopic (exact) mass is 314 g/mol. The van der Waals surface area contributed by atoms with Crippen LogP contribution in [0, 0.1) is 5.92 Å². The first-order chi connectivity index (χ1) is 10.2. The Morgan fingerprint density at radius 3 is 2.59 bits per heavy atom. The van der Waals surface area contributed by atoms with Gasteiger partial charge in [-0.1, -0.05) is 27.2 Å². The summed E-state index contributed by atoms with van der Waals surface area (Å²) in [4.78, 5) is 12.1. The summed E-state index contributed by atoms with van der Waals surface area (Å²) in [5, 5.41) is 6.49. The zero-order valence-corrected chi connectivity index (χ0v) is 15.1. The van der Waals surface area contributed by atoms with Crippen molar-refractivity contribution >= 4 is 6.09 Å². The minimum atomic E-state index is -0.473. The standard InChI is InChI=1S/C17H34N2O3/c1-7-8-9-21-11-14-10-17(14,12-18-13(2)3)19-15(20)22-16(4,5)6/h13-14,18H,7-12H2,1-6H3,(H,19,20)/t14-,17+/m1/s1. The zero-order valence-electron chi connectivity index (χ0n) is 15.1. The molecule has 2 N–H and O–H groups in total. The molecular formula is C17H34N2O3. The number of amides is 1. The van der Waals surface area contributed by atoms with Crippen LogP contribution < -0.4 is 10.6 Å². The van der Waals surface area contributed by atoms with Gasteiger partial charge >= 0.3 is 6.09 Å². The fourth-order valence-electron chi connectivity index (χ4n) is 2.38. The molecule has 0 bridgehead atoms.